The Morgan fingerprint density at radius 2 is 2.24 bits per heavy atom. The summed E-state index contributed by atoms with van der Waals surface area (Å²) in [5, 5.41) is 3.79. The molecule has 1 aromatic heterocycles. The van der Waals surface area contributed by atoms with Crippen molar-refractivity contribution in [2.24, 2.45) is 0 Å². The Balaban J connectivity index is 1.71. The number of hydrogen-bond donors (Lipinski definition) is 0. The molecule has 1 atom stereocenters. The first-order valence-electron chi connectivity index (χ1n) is 7.16. The SMILES string of the molecule is Cc1noc([C@@H]2CCCCN2C(=O)CN2CCOC2=O)n1. The van der Waals surface area contributed by atoms with E-state index in [0.717, 1.165) is 19.3 Å². The summed E-state index contributed by atoms with van der Waals surface area (Å²) in [5.74, 6) is 0.935. The van der Waals surface area contributed by atoms with Crippen molar-refractivity contribution in [3.05, 3.63) is 11.7 Å². The standard InChI is InChI=1S/C13H18N4O4/c1-9-14-12(21-15-9)10-4-2-3-5-17(10)11(18)8-16-6-7-20-13(16)19/h10H,2-8H2,1H3/t10-/m0/s1. The van der Waals surface area contributed by atoms with Crippen LogP contribution >= 0.6 is 0 Å². The van der Waals surface area contributed by atoms with Gasteiger partial charge in [-0.2, -0.15) is 4.98 Å². The van der Waals surface area contributed by atoms with Gasteiger partial charge in [-0.25, -0.2) is 4.79 Å². The lowest BCUT2D eigenvalue weighted by Gasteiger charge is -2.34. The summed E-state index contributed by atoms with van der Waals surface area (Å²) in [6.07, 6.45) is 2.34. The van der Waals surface area contributed by atoms with E-state index in [1.807, 2.05) is 0 Å². The van der Waals surface area contributed by atoms with Crippen molar-refractivity contribution in [2.45, 2.75) is 32.2 Å². The highest BCUT2D eigenvalue weighted by molar-refractivity contribution is 5.83. The number of aromatic nitrogens is 2. The molecule has 2 saturated heterocycles. The predicted molar refractivity (Wildman–Crippen MR) is 70.3 cm³/mol. The molecule has 2 amide bonds. The fourth-order valence-electron chi connectivity index (χ4n) is 2.76. The summed E-state index contributed by atoms with van der Waals surface area (Å²) in [7, 11) is 0. The van der Waals surface area contributed by atoms with Crippen LogP contribution in [0.5, 0.6) is 0 Å². The van der Waals surface area contributed by atoms with Crippen LogP contribution < -0.4 is 0 Å². The van der Waals surface area contributed by atoms with Crippen LogP contribution in [0.1, 0.15) is 37.0 Å². The summed E-state index contributed by atoms with van der Waals surface area (Å²) >= 11 is 0. The molecule has 0 unspecified atom stereocenters. The Kier molecular flexibility index (Phi) is 3.76. The van der Waals surface area contributed by atoms with Gasteiger partial charge in [0.15, 0.2) is 5.82 Å². The normalized spacial score (nSPS) is 22.5. The molecule has 1 aromatic rings. The lowest BCUT2D eigenvalue weighted by Crippen LogP contribution is -2.44. The van der Waals surface area contributed by atoms with Gasteiger partial charge in [0.1, 0.15) is 19.2 Å². The van der Waals surface area contributed by atoms with Crippen LogP contribution in [0, 0.1) is 6.92 Å². The third kappa shape index (κ3) is 2.84. The van der Waals surface area contributed by atoms with Crippen LogP contribution in [0.3, 0.4) is 0 Å². The smallest absolute Gasteiger partial charge is 0.410 e. The van der Waals surface area contributed by atoms with E-state index in [0.29, 0.717) is 31.4 Å². The Bertz CT molecular complexity index is 544. The van der Waals surface area contributed by atoms with Crippen LogP contribution in [-0.4, -0.2) is 58.2 Å². The number of piperidine rings is 1. The number of nitrogens with zero attached hydrogens (tertiary/aromatic N) is 4. The summed E-state index contributed by atoms with van der Waals surface area (Å²) in [4.78, 5) is 31.3. The highest BCUT2D eigenvalue weighted by Crippen LogP contribution is 2.30. The van der Waals surface area contributed by atoms with Gasteiger partial charge in [0, 0.05) is 6.54 Å². The first-order valence-corrected chi connectivity index (χ1v) is 7.16. The van der Waals surface area contributed by atoms with Crippen molar-refractivity contribution in [3.8, 4) is 0 Å². The van der Waals surface area contributed by atoms with Crippen LogP contribution in [0.15, 0.2) is 4.52 Å². The van der Waals surface area contributed by atoms with Gasteiger partial charge in [-0.05, 0) is 26.2 Å². The van der Waals surface area contributed by atoms with E-state index in [2.05, 4.69) is 10.1 Å². The van der Waals surface area contributed by atoms with E-state index in [-0.39, 0.29) is 18.5 Å². The quantitative estimate of drug-likeness (QED) is 0.822. The molecule has 114 valence electrons. The van der Waals surface area contributed by atoms with E-state index in [1.54, 1.807) is 11.8 Å². The molecule has 3 heterocycles. The number of cyclic esters (lactones) is 1. The highest BCUT2D eigenvalue weighted by Gasteiger charge is 2.34. The molecule has 0 spiro atoms. The Morgan fingerprint density at radius 3 is 2.90 bits per heavy atom. The van der Waals surface area contributed by atoms with E-state index in [1.165, 1.54) is 4.90 Å². The van der Waals surface area contributed by atoms with E-state index < -0.39 is 6.09 Å². The number of ether oxygens (including phenoxy) is 1. The Hall–Kier alpha value is -2.12. The number of likely N-dealkylation sites (tertiary alicyclic amines) is 1. The molecule has 3 rings (SSSR count). The second-order valence-electron chi connectivity index (χ2n) is 5.31. The average molecular weight is 294 g/mol. The first kappa shape index (κ1) is 13.8. The van der Waals surface area contributed by atoms with Crippen LogP contribution in [0.4, 0.5) is 4.79 Å². The van der Waals surface area contributed by atoms with Gasteiger partial charge in [0.2, 0.25) is 11.8 Å². The Labute approximate surface area is 122 Å². The van der Waals surface area contributed by atoms with Crippen molar-refractivity contribution in [3.63, 3.8) is 0 Å². The molecule has 0 aromatic carbocycles. The summed E-state index contributed by atoms with van der Waals surface area (Å²) in [5.41, 5.74) is 0. The fraction of sp³-hybridized carbons (Fsp3) is 0.692. The van der Waals surface area contributed by atoms with Crippen molar-refractivity contribution < 1.29 is 18.8 Å². The van der Waals surface area contributed by atoms with E-state index >= 15 is 0 Å². The monoisotopic (exact) mass is 294 g/mol. The molecule has 2 fully saturated rings. The third-order valence-electron chi connectivity index (χ3n) is 3.82. The summed E-state index contributed by atoms with van der Waals surface area (Å²) in [6, 6.07) is -0.189. The van der Waals surface area contributed by atoms with Gasteiger partial charge in [-0.1, -0.05) is 5.16 Å². The van der Waals surface area contributed by atoms with Gasteiger partial charge in [0.05, 0.1) is 6.54 Å². The molecule has 0 radical (unpaired) electrons. The number of amides is 2. The van der Waals surface area contributed by atoms with Crippen LogP contribution in [0.25, 0.3) is 0 Å². The molecule has 0 saturated carbocycles. The Morgan fingerprint density at radius 1 is 1.38 bits per heavy atom. The molecule has 2 aliphatic rings. The minimum atomic E-state index is -0.425. The minimum Gasteiger partial charge on any atom is -0.448 e. The number of rotatable bonds is 3. The fourth-order valence-corrected chi connectivity index (χ4v) is 2.76. The van der Waals surface area contributed by atoms with Crippen molar-refractivity contribution in [1.29, 1.82) is 0 Å². The second-order valence-corrected chi connectivity index (χ2v) is 5.31. The van der Waals surface area contributed by atoms with Crippen LogP contribution in [-0.2, 0) is 9.53 Å². The molecule has 0 bridgehead atoms. The topological polar surface area (TPSA) is 88.8 Å². The van der Waals surface area contributed by atoms with E-state index in [9.17, 15) is 9.59 Å². The molecular weight excluding hydrogens is 276 g/mol. The maximum Gasteiger partial charge on any atom is 0.410 e. The zero-order chi connectivity index (χ0) is 14.8. The molecule has 8 heteroatoms. The van der Waals surface area contributed by atoms with Crippen molar-refractivity contribution in [2.75, 3.05) is 26.2 Å². The zero-order valence-corrected chi connectivity index (χ0v) is 11.9. The molecule has 0 N–H and O–H groups in total. The molecule has 0 aliphatic carbocycles. The molecule has 21 heavy (non-hydrogen) atoms. The maximum atomic E-state index is 12.5. The largest absolute Gasteiger partial charge is 0.448 e. The third-order valence-corrected chi connectivity index (χ3v) is 3.82. The maximum absolute atomic E-state index is 12.5. The van der Waals surface area contributed by atoms with Gasteiger partial charge in [-0.3, -0.25) is 9.69 Å². The van der Waals surface area contributed by atoms with Gasteiger partial charge in [-0.15, -0.1) is 0 Å². The van der Waals surface area contributed by atoms with E-state index in [4.69, 9.17) is 9.26 Å². The lowest BCUT2D eigenvalue weighted by molar-refractivity contribution is -0.136. The highest BCUT2D eigenvalue weighted by atomic mass is 16.6. The number of hydrogen-bond acceptors (Lipinski definition) is 6. The summed E-state index contributed by atoms with van der Waals surface area (Å²) in [6.45, 7) is 3.25. The molecule has 2 aliphatic heterocycles. The first-order chi connectivity index (χ1) is 10.1. The minimum absolute atomic E-state index is 0.0441. The van der Waals surface area contributed by atoms with Gasteiger partial charge in [0.25, 0.3) is 0 Å². The van der Waals surface area contributed by atoms with Gasteiger partial charge < -0.3 is 14.2 Å². The lowest BCUT2D eigenvalue weighted by atomic mass is 10.0. The average Bonchev–Trinajstić information content (AvgIpc) is 3.08. The van der Waals surface area contributed by atoms with Crippen molar-refractivity contribution >= 4 is 12.0 Å². The second kappa shape index (κ2) is 5.71. The molecular formula is C13H18N4O4. The van der Waals surface area contributed by atoms with Crippen molar-refractivity contribution in [1.82, 2.24) is 19.9 Å². The number of aryl methyl sites for hydroxylation is 1. The number of carbonyl (C=O) groups excluding carboxylic acids is 2. The molecule has 8 nitrogen and oxygen atoms in total. The van der Waals surface area contributed by atoms with Gasteiger partial charge >= 0.3 is 6.09 Å². The number of carbonyl (C=O) groups is 2. The summed E-state index contributed by atoms with van der Waals surface area (Å²) < 4.78 is 10.1. The van der Waals surface area contributed by atoms with Crippen LogP contribution in [0.2, 0.25) is 0 Å². The predicted octanol–water partition coefficient (Wildman–Crippen LogP) is 0.884. The zero-order valence-electron chi connectivity index (χ0n) is 11.9.